The van der Waals surface area contributed by atoms with Gasteiger partial charge in [-0.1, -0.05) is 49.2 Å². The number of ether oxygens (including phenoxy) is 1. The molecular formula is C29H27FN6O. The van der Waals surface area contributed by atoms with E-state index in [1.54, 1.807) is 10.7 Å². The summed E-state index contributed by atoms with van der Waals surface area (Å²) in [5, 5.41) is 9.59. The number of aromatic nitrogens is 6. The Balaban J connectivity index is 1.30. The molecule has 7 nitrogen and oxygen atoms in total. The first-order chi connectivity index (χ1) is 18.2. The van der Waals surface area contributed by atoms with Gasteiger partial charge in [0.15, 0.2) is 5.82 Å². The summed E-state index contributed by atoms with van der Waals surface area (Å²) >= 11 is 0. The molecule has 8 heteroatoms. The molecule has 6 rings (SSSR count). The number of pyridine rings is 1. The Bertz CT molecular complexity index is 1490. The van der Waals surface area contributed by atoms with Crippen molar-refractivity contribution in [1.82, 2.24) is 29.5 Å². The second kappa shape index (κ2) is 10.3. The molecule has 1 aliphatic rings. The van der Waals surface area contributed by atoms with Gasteiger partial charge in [-0.25, -0.2) is 14.6 Å². The lowest BCUT2D eigenvalue weighted by Crippen LogP contribution is -2.08. The summed E-state index contributed by atoms with van der Waals surface area (Å²) in [5.41, 5.74) is 3.34. The van der Waals surface area contributed by atoms with Gasteiger partial charge in [0.2, 0.25) is 5.95 Å². The van der Waals surface area contributed by atoms with Crippen LogP contribution in [0.15, 0.2) is 85.2 Å². The Morgan fingerprint density at radius 3 is 2.62 bits per heavy atom. The third-order valence-corrected chi connectivity index (χ3v) is 6.66. The van der Waals surface area contributed by atoms with Crippen LogP contribution in [0.4, 0.5) is 4.39 Å². The van der Waals surface area contributed by atoms with E-state index in [1.165, 1.54) is 37.9 Å². The fourth-order valence-corrected chi connectivity index (χ4v) is 4.80. The lowest BCUT2D eigenvalue weighted by atomic mass is 10.1. The Hall–Kier alpha value is -4.33. The lowest BCUT2D eigenvalue weighted by Gasteiger charge is -2.09. The molecule has 0 radical (unpaired) electrons. The lowest BCUT2D eigenvalue weighted by molar-refractivity contribution is 0.306. The summed E-state index contributed by atoms with van der Waals surface area (Å²) in [4.78, 5) is 8.56. The van der Waals surface area contributed by atoms with Gasteiger partial charge < -0.3 is 4.74 Å². The molecule has 0 aliphatic heterocycles. The molecule has 186 valence electrons. The Morgan fingerprint density at radius 1 is 0.919 bits per heavy atom. The van der Waals surface area contributed by atoms with E-state index in [0.717, 1.165) is 22.6 Å². The fraction of sp³-hybridized carbons (Fsp3) is 0.241. The molecule has 1 saturated carbocycles. The van der Waals surface area contributed by atoms with Gasteiger partial charge >= 0.3 is 0 Å². The summed E-state index contributed by atoms with van der Waals surface area (Å²) in [5.74, 6) is 1.49. The highest BCUT2D eigenvalue weighted by atomic mass is 19.1. The summed E-state index contributed by atoms with van der Waals surface area (Å²) in [6, 6.07) is 23.3. The quantitative estimate of drug-likeness (QED) is 0.249. The Labute approximate surface area is 214 Å². The van der Waals surface area contributed by atoms with Crippen LogP contribution in [0.2, 0.25) is 0 Å². The largest absolute Gasteiger partial charge is 0.489 e. The van der Waals surface area contributed by atoms with Gasteiger partial charge in [0, 0.05) is 24.0 Å². The average Bonchev–Trinajstić information content (AvgIpc) is 3.70. The monoisotopic (exact) mass is 494 g/mol. The molecule has 0 spiro atoms. The maximum Gasteiger partial charge on any atom is 0.214 e. The highest BCUT2D eigenvalue weighted by Crippen LogP contribution is 2.29. The number of para-hydroxylation sites is 1. The SMILES string of the molecule is Fc1cc(-n2nc(-c3cccc(COc4ccccc4)c3)nc2Cc2ccn(C3CCCC3)n2)ccn1. The normalized spacial score (nSPS) is 13.8. The average molecular weight is 495 g/mol. The van der Waals surface area contributed by atoms with Crippen molar-refractivity contribution in [3.63, 3.8) is 0 Å². The molecule has 0 N–H and O–H groups in total. The Kier molecular flexibility index (Phi) is 6.45. The van der Waals surface area contributed by atoms with E-state index in [1.807, 2.05) is 60.7 Å². The third-order valence-electron chi connectivity index (χ3n) is 6.66. The third kappa shape index (κ3) is 5.28. The van der Waals surface area contributed by atoms with E-state index in [4.69, 9.17) is 19.9 Å². The molecule has 5 aromatic rings. The van der Waals surface area contributed by atoms with Crippen molar-refractivity contribution < 1.29 is 9.13 Å². The summed E-state index contributed by atoms with van der Waals surface area (Å²) in [6.45, 7) is 0.430. The van der Waals surface area contributed by atoms with Gasteiger partial charge in [0.05, 0.1) is 23.8 Å². The highest BCUT2D eigenvalue weighted by molar-refractivity contribution is 5.56. The van der Waals surface area contributed by atoms with Crippen LogP contribution in [0, 0.1) is 5.95 Å². The molecule has 3 aromatic heterocycles. The zero-order valence-corrected chi connectivity index (χ0v) is 20.4. The van der Waals surface area contributed by atoms with Crippen LogP contribution in [0.3, 0.4) is 0 Å². The highest BCUT2D eigenvalue weighted by Gasteiger charge is 2.20. The number of hydrogen-bond acceptors (Lipinski definition) is 5. The second-order valence-electron chi connectivity index (χ2n) is 9.30. The molecule has 0 unspecified atom stereocenters. The maximum absolute atomic E-state index is 14.0. The van der Waals surface area contributed by atoms with E-state index < -0.39 is 5.95 Å². The van der Waals surface area contributed by atoms with E-state index >= 15 is 0 Å². The van der Waals surface area contributed by atoms with Gasteiger partial charge in [-0.3, -0.25) is 4.68 Å². The number of rotatable bonds is 8. The van der Waals surface area contributed by atoms with Crippen LogP contribution in [-0.4, -0.2) is 29.5 Å². The van der Waals surface area contributed by atoms with Gasteiger partial charge in [-0.2, -0.15) is 9.49 Å². The van der Waals surface area contributed by atoms with Crippen molar-refractivity contribution in [3.05, 3.63) is 108 Å². The molecular weight excluding hydrogens is 467 g/mol. The van der Waals surface area contributed by atoms with E-state index in [9.17, 15) is 4.39 Å². The smallest absolute Gasteiger partial charge is 0.214 e. The fourth-order valence-electron chi connectivity index (χ4n) is 4.80. The summed E-state index contributed by atoms with van der Waals surface area (Å²) in [6.07, 6.45) is 8.81. The molecule has 37 heavy (non-hydrogen) atoms. The molecule has 0 bridgehead atoms. The molecule has 3 heterocycles. The van der Waals surface area contributed by atoms with E-state index in [-0.39, 0.29) is 0 Å². The van der Waals surface area contributed by atoms with Crippen LogP contribution >= 0.6 is 0 Å². The zero-order valence-electron chi connectivity index (χ0n) is 20.4. The van der Waals surface area contributed by atoms with Crippen molar-refractivity contribution in [3.8, 4) is 22.8 Å². The zero-order chi connectivity index (χ0) is 25.0. The van der Waals surface area contributed by atoms with Crippen LogP contribution < -0.4 is 4.74 Å². The molecule has 0 atom stereocenters. The topological polar surface area (TPSA) is 70.7 Å². The minimum atomic E-state index is -0.564. The molecule has 1 fully saturated rings. The van der Waals surface area contributed by atoms with Gasteiger partial charge in [0.25, 0.3) is 0 Å². The van der Waals surface area contributed by atoms with E-state index in [0.29, 0.717) is 36.4 Å². The van der Waals surface area contributed by atoms with Crippen LogP contribution in [0.25, 0.3) is 17.1 Å². The predicted octanol–water partition coefficient (Wildman–Crippen LogP) is 5.95. The van der Waals surface area contributed by atoms with Crippen LogP contribution in [0.1, 0.15) is 48.8 Å². The van der Waals surface area contributed by atoms with Crippen molar-refractivity contribution in [2.24, 2.45) is 0 Å². The summed E-state index contributed by atoms with van der Waals surface area (Å²) in [7, 11) is 0. The molecule has 0 amide bonds. The van der Waals surface area contributed by atoms with Crippen molar-refractivity contribution >= 4 is 0 Å². The van der Waals surface area contributed by atoms with Gasteiger partial charge in [0.1, 0.15) is 18.2 Å². The van der Waals surface area contributed by atoms with E-state index in [2.05, 4.69) is 15.9 Å². The van der Waals surface area contributed by atoms with Crippen molar-refractivity contribution in [1.29, 1.82) is 0 Å². The Morgan fingerprint density at radius 2 is 1.78 bits per heavy atom. The number of nitrogens with zero attached hydrogens (tertiary/aromatic N) is 6. The first-order valence-electron chi connectivity index (χ1n) is 12.6. The summed E-state index contributed by atoms with van der Waals surface area (Å²) < 4.78 is 23.7. The maximum atomic E-state index is 14.0. The minimum absolute atomic E-state index is 0.430. The second-order valence-corrected chi connectivity index (χ2v) is 9.30. The van der Waals surface area contributed by atoms with Crippen molar-refractivity contribution in [2.75, 3.05) is 0 Å². The number of halogens is 1. The standard InChI is InChI=1S/C29H27FN6O/c30-27-19-25(13-15-31-27)36-28(18-23-14-16-35(33-23)24-9-4-5-10-24)32-29(34-36)22-8-6-7-21(17-22)20-37-26-11-2-1-3-12-26/h1-3,6-8,11-17,19,24H,4-5,9-10,18,20H2. The number of benzene rings is 2. The minimum Gasteiger partial charge on any atom is -0.489 e. The first-order valence-corrected chi connectivity index (χ1v) is 12.6. The van der Waals surface area contributed by atoms with Gasteiger partial charge in [-0.05, 0) is 48.7 Å². The first kappa shape index (κ1) is 23.1. The number of hydrogen-bond donors (Lipinski definition) is 0. The molecule has 1 aliphatic carbocycles. The molecule has 0 saturated heterocycles. The van der Waals surface area contributed by atoms with Gasteiger partial charge in [-0.15, -0.1) is 5.10 Å². The van der Waals surface area contributed by atoms with Crippen molar-refractivity contribution in [2.45, 2.75) is 44.8 Å². The van der Waals surface area contributed by atoms with Crippen LogP contribution in [-0.2, 0) is 13.0 Å². The predicted molar refractivity (Wildman–Crippen MR) is 138 cm³/mol. The molecule has 2 aromatic carbocycles. The van der Waals surface area contributed by atoms with Crippen LogP contribution in [0.5, 0.6) is 5.75 Å².